The third kappa shape index (κ3) is 3.80. The number of anilines is 1. The van der Waals surface area contributed by atoms with E-state index >= 15 is 0 Å². The molecule has 1 aliphatic carbocycles. The molecule has 0 radical (unpaired) electrons. The predicted molar refractivity (Wildman–Crippen MR) is 94.3 cm³/mol. The summed E-state index contributed by atoms with van der Waals surface area (Å²) in [6, 6.07) is 4.65. The summed E-state index contributed by atoms with van der Waals surface area (Å²) in [6.45, 7) is 2.59. The Morgan fingerprint density at radius 3 is 2.52 bits per heavy atom. The summed E-state index contributed by atoms with van der Waals surface area (Å²) in [7, 11) is -0.000764. The Bertz CT molecular complexity index is 738. The van der Waals surface area contributed by atoms with E-state index in [2.05, 4.69) is 12.4 Å². The van der Waals surface area contributed by atoms with Crippen molar-refractivity contribution in [3.63, 3.8) is 0 Å². The normalized spacial score (nSPS) is 20.1. The highest BCUT2D eigenvalue weighted by Gasteiger charge is 2.30. The van der Waals surface area contributed by atoms with Crippen molar-refractivity contribution in [2.24, 2.45) is 5.92 Å². The highest BCUT2D eigenvalue weighted by atomic mass is 32.2. The first-order valence-corrected chi connectivity index (χ1v) is 10.2. The third-order valence-electron chi connectivity index (χ3n) is 5.12. The van der Waals surface area contributed by atoms with E-state index in [9.17, 15) is 13.2 Å². The molecule has 138 valence electrons. The summed E-state index contributed by atoms with van der Waals surface area (Å²) in [6.07, 6.45) is 2.83. The van der Waals surface area contributed by atoms with Gasteiger partial charge in [-0.05, 0) is 31.0 Å². The average Bonchev–Trinajstić information content (AvgIpc) is 2.53. The van der Waals surface area contributed by atoms with Crippen LogP contribution in [0.1, 0.15) is 19.3 Å². The molecule has 7 nitrogen and oxygen atoms in total. The van der Waals surface area contributed by atoms with Crippen LogP contribution in [0.2, 0.25) is 0 Å². The standard InChI is InChI=1S/C17H25N3O4S/c1-19-8-10-20(11-9-19)25(22,23)14-6-7-16(24-2)15(12-14)18-17(21)13-4-3-5-13/h6-7,12-13H,3-5,8-11H2,1-2H3,(H,18,21)/p+1. The molecule has 1 amide bonds. The molecule has 0 aromatic heterocycles. The molecule has 0 atom stereocenters. The number of nitrogens with zero attached hydrogens (tertiary/aromatic N) is 1. The molecule has 1 saturated carbocycles. The van der Waals surface area contributed by atoms with E-state index < -0.39 is 10.0 Å². The van der Waals surface area contributed by atoms with Gasteiger partial charge in [0.1, 0.15) is 5.75 Å². The molecule has 0 bridgehead atoms. The highest BCUT2D eigenvalue weighted by Crippen LogP contribution is 2.32. The van der Waals surface area contributed by atoms with Gasteiger partial charge in [-0.1, -0.05) is 6.42 Å². The molecule has 1 aromatic rings. The first kappa shape index (κ1) is 18.2. The minimum atomic E-state index is -3.57. The highest BCUT2D eigenvalue weighted by molar-refractivity contribution is 7.89. The van der Waals surface area contributed by atoms with Gasteiger partial charge in [-0.15, -0.1) is 0 Å². The summed E-state index contributed by atoms with van der Waals surface area (Å²) < 4.78 is 32.6. The minimum absolute atomic E-state index is 0.0191. The number of carbonyl (C=O) groups is 1. The van der Waals surface area contributed by atoms with Gasteiger partial charge < -0.3 is 15.0 Å². The van der Waals surface area contributed by atoms with Crippen molar-refractivity contribution in [3.05, 3.63) is 18.2 Å². The van der Waals surface area contributed by atoms with Crippen LogP contribution in [0.15, 0.2) is 23.1 Å². The fraction of sp³-hybridized carbons (Fsp3) is 0.588. The Hall–Kier alpha value is -1.64. The lowest BCUT2D eigenvalue weighted by atomic mass is 9.85. The minimum Gasteiger partial charge on any atom is -0.495 e. The Morgan fingerprint density at radius 2 is 1.96 bits per heavy atom. The molecule has 8 heteroatoms. The lowest BCUT2D eigenvalue weighted by molar-refractivity contribution is -0.883. The molecule has 0 unspecified atom stereocenters. The number of nitrogens with one attached hydrogen (secondary N) is 2. The first-order valence-electron chi connectivity index (χ1n) is 8.72. The second kappa shape index (κ2) is 7.31. The SMILES string of the molecule is COc1ccc(S(=O)(=O)N2CC[NH+](C)CC2)cc1NC(=O)C1CCC1. The summed E-state index contributed by atoms with van der Waals surface area (Å²) >= 11 is 0. The van der Waals surface area contributed by atoms with Gasteiger partial charge in [0.05, 0.1) is 50.9 Å². The van der Waals surface area contributed by atoms with Crippen molar-refractivity contribution in [1.29, 1.82) is 0 Å². The number of benzene rings is 1. The number of rotatable bonds is 5. The molecule has 25 heavy (non-hydrogen) atoms. The van der Waals surface area contributed by atoms with E-state index in [0.717, 1.165) is 32.4 Å². The van der Waals surface area contributed by atoms with Crippen LogP contribution < -0.4 is 15.0 Å². The van der Waals surface area contributed by atoms with Gasteiger partial charge >= 0.3 is 0 Å². The number of quaternary nitrogens is 1. The number of ether oxygens (including phenoxy) is 1. The lowest BCUT2D eigenvalue weighted by Gasteiger charge is -2.29. The number of likely N-dealkylation sites (N-methyl/N-ethyl adjacent to an activating group) is 1. The average molecular weight is 368 g/mol. The quantitative estimate of drug-likeness (QED) is 0.764. The molecule has 2 fully saturated rings. The number of carbonyl (C=O) groups excluding carboxylic acids is 1. The van der Waals surface area contributed by atoms with Crippen LogP contribution in [0.25, 0.3) is 0 Å². The van der Waals surface area contributed by atoms with Crippen molar-refractivity contribution in [3.8, 4) is 5.75 Å². The van der Waals surface area contributed by atoms with E-state index in [4.69, 9.17) is 4.74 Å². The number of piperazine rings is 1. The number of hydrogen-bond donors (Lipinski definition) is 2. The fourth-order valence-electron chi connectivity index (χ4n) is 3.11. The topological polar surface area (TPSA) is 80.2 Å². The molecule has 3 rings (SSSR count). The number of methoxy groups -OCH3 is 1. The maximum absolute atomic E-state index is 12.9. The molecular formula is C17H26N3O4S+. The van der Waals surface area contributed by atoms with Crippen LogP contribution in [-0.4, -0.2) is 59.0 Å². The number of amides is 1. The maximum atomic E-state index is 12.9. The number of hydrogen-bond acceptors (Lipinski definition) is 4. The number of sulfonamides is 1. The Balaban J connectivity index is 1.83. The zero-order valence-corrected chi connectivity index (χ0v) is 15.6. The zero-order valence-electron chi connectivity index (χ0n) is 14.7. The molecular weight excluding hydrogens is 342 g/mol. The van der Waals surface area contributed by atoms with E-state index in [0.29, 0.717) is 24.5 Å². The van der Waals surface area contributed by atoms with Gasteiger partial charge in [0, 0.05) is 5.92 Å². The van der Waals surface area contributed by atoms with Gasteiger partial charge in [0.25, 0.3) is 0 Å². The Morgan fingerprint density at radius 1 is 1.28 bits per heavy atom. The smallest absolute Gasteiger partial charge is 0.243 e. The molecule has 1 heterocycles. The lowest BCUT2D eigenvalue weighted by Crippen LogP contribution is -3.12. The summed E-state index contributed by atoms with van der Waals surface area (Å²) in [5.41, 5.74) is 0.417. The van der Waals surface area contributed by atoms with Crippen LogP contribution in [-0.2, 0) is 14.8 Å². The summed E-state index contributed by atoms with van der Waals surface area (Å²) in [5.74, 6) is 0.419. The van der Waals surface area contributed by atoms with E-state index in [1.54, 1.807) is 12.1 Å². The van der Waals surface area contributed by atoms with Crippen molar-refractivity contribution < 1.29 is 22.8 Å². The second-order valence-corrected chi connectivity index (χ2v) is 8.78. The van der Waals surface area contributed by atoms with E-state index in [1.165, 1.54) is 22.4 Å². The Kier molecular flexibility index (Phi) is 5.31. The fourth-order valence-corrected chi connectivity index (χ4v) is 4.58. The van der Waals surface area contributed by atoms with Gasteiger partial charge in [-0.25, -0.2) is 8.42 Å². The van der Waals surface area contributed by atoms with Crippen molar-refractivity contribution in [1.82, 2.24) is 4.31 Å². The summed E-state index contributed by atoms with van der Waals surface area (Å²) in [4.78, 5) is 13.8. The van der Waals surface area contributed by atoms with Crippen LogP contribution >= 0.6 is 0 Å². The van der Waals surface area contributed by atoms with Crippen molar-refractivity contribution in [2.45, 2.75) is 24.2 Å². The largest absolute Gasteiger partial charge is 0.495 e. The van der Waals surface area contributed by atoms with Crippen LogP contribution in [0.5, 0.6) is 5.75 Å². The molecule has 2 aliphatic rings. The molecule has 2 N–H and O–H groups in total. The molecule has 0 spiro atoms. The molecule has 1 aromatic carbocycles. The second-order valence-electron chi connectivity index (χ2n) is 6.84. The van der Waals surface area contributed by atoms with Gasteiger partial charge in [0.2, 0.25) is 15.9 Å². The van der Waals surface area contributed by atoms with Gasteiger partial charge in [-0.2, -0.15) is 4.31 Å². The van der Waals surface area contributed by atoms with E-state index in [-0.39, 0.29) is 16.7 Å². The van der Waals surface area contributed by atoms with Crippen LogP contribution in [0.4, 0.5) is 5.69 Å². The monoisotopic (exact) mass is 368 g/mol. The maximum Gasteiger partial charge on any atom is 0.243 e. The molecule has 1 saturated heterocycles. The molecule has 1 aliphatic heterocycles. The zero-order chi connectivity index (χ0) is 18.0. The van der Waals surface area contributed by atoms with Crippen molar-refractivity contribution in [2.75, 3.05) is 45.7 Å². The van der Waals surface area contributed by atoms with Gasteiger partial charge in [-0.3, -0.25) is 4.79 Å². The Labute approximate surface area is 149 Å². The van der Waals surface area contributed by atoms with E-state index in [1.807, 2.05) is 0 Å². The van der Waals surface area contributed by atoms with Crippen LogP contribution in [0.3, 0.4) is 0 Å². The van der Waals surface area contributed by atoms with Crippen LogP contribution in [0, 0.1) is 5.92 Å². The third-order valence-corrected chi connectivity index (χ3v) is 7.01. The van der Waals surface area contributed by atoms with Crippen molar-refractivity contribution >= 4 is 21.6 Å². The summed E-state index contributed by atoms with van der Waals surface area (Å²) in [5, 5.41) is 2.83. The van der Waals surface area contributed by atoms with Gasteiger partial charge in [0.15, 0.2) is 0 Å². The first-order chi connectivity index (χ1) is 11.9. The predicted octanol–water partition coefficient (Wildman–Crippen LogP) is -0.0472.